The lowest BCUT2D eigenvalue weighted by molar-refractivity contribution is 0.628. The molecule has 2 N–H and O–H groups in total. The molecule has 0 aliphatic rings. The highest BCUT2D eigenvalue weighted by atomic mass is 19.1. The third-order valence-corrected chi connectivity index (χ3v) is 2.21. The fourth-order valence-electron chi connectivity index (χ4n) is 1.31. The molecular formula is C13H10FN3. The van der Waals surface area contributed by atoms with Gasteiger partial charge < -0.3 is 10.9 Å². The third kappa shape index (κ3) is 2.95. The van der Waals surface area contributed by atoms with E-state index in [9.17, 15) is 4.39 Å². The standard InChI is InChI=1S/C13H10FN3/c14-11-3-7-13(8-4-11)17-16-12-5-1-10(9-15)2-6-12/h1-8,16-17H. The smallest absolute Gasteiger partial charge is 0.123 e. The Labute approximate surface area is 98.5 Å². The van der Waals surface area contributed by atoms with Crippen LogP contribution in [0.25, 0.3) is 0 Å². The Hall–Kier alpha value is -2.54. The molecule has 0 heterocycles. The first kappa shape index (κ1) is 11.0. The second-order valence-electron chi connectivity index (χ2n) is 3.45. The van der Waals surface area contributed by atoms with Crippen LogP contribution in [-0.4, -0.2) is 0 Å². The molecule has 0 unspecified atom stereocenters. The highest BCUT2D eigenvalue weighted by molar-refractivity contribution is 5.53. The molecule has 0 bridgehead atoms. The lowest BCUT2D eigenvalue weighted by Gasteiger charge is -2.09. The van der Waals surface area contributed by atoms with Crippen molar-refractivity contribution in [3.63, 3.8) is 0 Å². The maximum absolute atomic E-state index is 12.7. The monoisotopic (exact) mass is 227 g/mol. The van der Waals surface area contributed by atoms with Gasteiger partial charge >= 0.3 is 0 Å². The predicted molar refractivity (Wildman–Crippen MR) is 64.8 cm³/mol. The van der Waals surface area contributed by atoms with Gasteiger partial charge in [-0.2, -0.15) is 5.26 Å². The molecule has 0 amide bonds. The number of hydrazine groups is 1. The molecule has 0 aromatic heterocycles. The molecule has 4 heteroatoms. The minimum Gasteiger partial charge on any atom is -0.301 e. The molecule has 2 rings (SSSR count). The molecule has 2 aromatic carbocycles. The van der Waals surface area contributed by atoms with E-state index in [-0.39, 0.29) is 5.82 Å². The number of hydrogen-bond donors (Lipinski definition) is 2. The zero-order chi connectivity index (χ0) is 12.1. The molecule has 0 atom stereocenters. The van der Waals surface area contributed by atoms with Crippen LogP contribution in [0.1, 0.15) is 5.56 Å². The number of nitrogens with one attached hydrogen (secondary N) is 2. The van der Waals surface area contributed by atoms with E-state index >= 15 is 0 Å². The minimum absolute atomic E-state index is 0.270. The quantitative estimate of drug-likeness (QED) is 0.792. The van der Waals surface area contributed by atoms with Crippen molar-refractivity contribution in [1.82, 2.24) is 0 Å². The van der Waals surface area contributed by atoms with Crippen LogP contribution in [0.4, 0.5) is 15.8 Å². The van der Waals surface area contributed by atoms with Crippen LogP contribution in [0, 0.1) is 17.1 Å². The molecule has 0 radical (unpaired) electrons. The molecule has 17 heavy (non-hydrogen) atoms. The van der Waals surface area contributed by atoms with Crippen molar-refractivity contribution in [1.29, 1.82) is 5.26 Å². The van der Waals surface area contributed by atoms with Gasteiger partial charge in [0.2, 0.25) is 0 Å². The van der Waals surface area contributed by atoms with E-state index in [4.69, 9.17) is 5.26 Å². The number of nitrogens with zero attached hydrogens (tertiary/aromatic N) is 1. The van der Waals surface area contributed by atoms with Crippen molar-refractivity contribution in [2.75, 3.05) is 10.9 Å². The van der Waals surface area contributed by atoms with Gasteiger partial charge in [0.15, 0.2) is 0 Å². The van der Waals surface area contributed by atoms with Gasteiger partial charge in [-0.25, -0.2) is 4.39 Å². The summed E-state index contributed by atoms with van der Waals surface area (Å²) in [5.41, 5.74) is 8.07. The fourth-order valence-corrected chi connectivity index (χ4v) is 1.31. The molecule has 0 fully saturated rings. The largest absolute Gasteiger partial charge is 0.301 e. The number of nitriles is 1. The molecule has 84 valence electrons. The Kier molecular flexibility index (Phi) is 3.22. The molecule has 2 aromatic rings. The minimum atomic E-state index is -0.270. The second kappa shape index (κ2) is 4.99. The Bertz CT molecular complexity index is 526. The van der Waals surface area contributed by atoms with Crippen LogP contribution in [0.2, 0.25) is 0 Å². The van der Waals surface area contributed by atoms with E-state index in [2.05, 4.69) is 10.9 Å². The summed E-state index contributed by atoms with van der Waals surface area (Å²) in [5, 5.41) is 8.64. The summed E-state index contributed by atoms with van der Waals surface area (Å²) in [6.45, 7) is 0. The number of hydrogen-bond acceptors (Lipinski definition) is 3. The average molecular weight is 227 g/mol. The first-order chi connectivity index (χ1) is 8.28. The molecule has 0 aliphatic carbocycles. The van der Waals surface area contributed by atoms with E-state index in [0.29, 0.717) is 5.56 Å². The Morgan fingerprint density at radius 1 is 0.824 bits per heavy atom. The highest BCUT2D eigenvalue weighted by Gasteiger charge is 1.94. The van der Waals surface area contributed by atoms with Gasteiger partial charge in [0, 0.05) is 0 Å². The molecule has 0 saturated heterocycles. The second-order valence-corrected chi connectivity index (χ2v) is 3.45. The van der Waals surface area contributed by atoms with Crippen LogP contribution >= 0.6 is 0 Å². The van der Waals surface area contributed by atoms with Crippen LogP contribution in [-0.2, 0) is 0 Å². The summed E-state index contributed by atoms with van der Waals surface area (Å²) < 4.78 is 12.7. The van der Waals surface area contributed by atoms with E-state index in [0.717, 1.165) is 11.4 Å². The Morgan fingerprint density at radius 3 is 1.76 bits per heavy atom. The number of halogens is 1. The maximum atomic E-state index is 12.7. The van der Waals surface area contributed by atoms with E-state index in [1.807, 2.05) is 6.07 Å². The summed E-state index contributed by atoms with van der Waals surface area (Å²) in [6, 6.07) is 15.1. The molecule has 3 nitrogen and oxygen atoms in total. The van der Waals surface area contributed by atoms with Crippen molar-refractivity contribution in [2.24, 2.45) is 0 Å². The van der Waals surface area contributed by atoms with Crippen LogP contribution < -0.4 is 10.9 Å². The molecule has 0 aliphatic heterocycles. The van der Waals surface area contributed by atoms with Crippen molar-refractivity contribution in [3.05, 3.63) is 59.9 Å². The van der Waals surface area contributed by atoms with E-state index < -0.39 is 0 Å². The Balaban J connectivity index is 1.98. The van der Waals surface area contributed by atoms with Gasteiger partial charge in [0.25, 0.3) is 0 Å². The van der Waals surface area contributed by atoms with Crippen LogP contribution in [0.3, 0.4) is 0 Å². The number of benzene rings is 2. The first-order valence-electron chi connectivity index (χ1n) is 5.06. The van der Waals surface area contributed by atoms with Crippen molar-refractivity contribution >= 4 is 11.4 Å². The lowest BCUT2D eigenvalue weighted by atomic mass is 10.2. The molecule has 0 spiro atoms. The molecular weight excluding hydrogens is 217 g/mol. The Morgan fingerprint density at radius 2 is 1.29 bits per heavy atom. The average Bonchev–Trinajstić information content (AvgIpc) is 2.39. The summed E-state index contributed by atoms with van der Waals surface area (Å²) in [4.78, 5) is 0. The fraction of sp³-hybridized carbons (Fsp3) is 0. The summed E-state index contributed by atoms with van der Waals surface area (Å²) in [6.07, 6.45) is 0. The van der Waals surface area contributed by atoms with Gasteiger partial charge in [0.05, 0.1) is 23.0 Å². The van der Waals surface area contributed by atoms with Gasteiger partial charge in [-0.05, 0) is 48.5 Å². The van der Waals surface area contributed by atoms with Gasteiger partial charge in [0.1, 0.15) is 5.82 Å². The third-order valence-electron chi connectivity index (χ3n) is 2.21. The van der Waals surface area contributed by atoms with Crippen molar-refractivity contribution < 1.29 is 4.39 Å². The van der Waals surface area contributed by atoms with Crippen LogP contribution in [0.5, 0.6) is 0 Å². The summed E-state index contributed by atoms with van der Waals surface area (Å²) >= 11 is 0. The first-order valence-corrected chi connectivity index (χ1v) is 5.06. The summed E-state index contributed by atoms with van der Waals surface area (Å²) in [5.74, 6) is -0.270. The van der Waals surface area contributed by atoms with Crippen molar-refractivity contribution in [3.8, 4) is 6.07 Å². The number of rotatable bonds is 3. The zero-order valence-electron chi connectivity index (χ0n) is 8.94. The summed E-state index contributed by atoms with van der Waals surface area (Å²) in [7, 11) is 0. The topological polar surface area (TPSA) is 47.9 Å². The maximum Gasteiger partial charge on any atom is 0.123 e. The van der Waals surface area contributed by atoms with Crippen LogP contribution in [0.15, 0.2) is 48.5 Å². The lowest BCUT2D eigenvalue weighted by Crippen LogP contribution is -2.08. The van der Waals surface area contributed by atoms with E-state index in [1.54, 1.807) is 36.4 Å². The highest BCUT2D eigenvalue weighted by Crippen LogP contribution is 2.11. The SMILES string of the molecule is N#Cc1ccc(NNc2ccc(F)cc2)cc1. The molecule has 0 saturated carbocycles. The van der Waals surface area contributed by atoms with Gasteiger partial charge in [-0.1, -0.05) is 0 Å². The van der Waals surface area contributed by atoms with Gasteiger partial charge in [-0.15, -0.1) is 0 Å². The zero-order valence-corrected chi connectivity index (χ0v) is 8.94. The van der Waals surface area contributed by atoms with Crippen molar-refractivity contribution in [2.45, 2.75) is 0 Å². The van der Waals surface area contributed by atoms with E-state index in [1.165, 1.54) is 12.1 Å². The normalized spacial score (nSPS) is 9.41. The van der Waals surface area contributed by atoms with Gasteiger partial charge in [-0.3, -0.25) is 0 Å². The number of anilines is 2. The predicted octanol–water partition coefficient (Wildman–Crippen LogP) is 3.14.